The van der Waals surface area contributed by atoms with Crippen LogP contribution >= 0.6 is 0 Å². The van der Waals surface area contributed by atoms with Crippen LogP contribution in [0.5, 0.6) is 0 Å². The quantitative estimate of drug-likeness (QED) is 0.420. The Kier molecular flexibility index (Phi) is 8.33. The summed E-state index contributed by atoms with van der Waals surface area (Å²) in [6, 6.07) is 20.2. The SMILES string of the molecule is Cc1cc(C(=O)CC(c2ccc(N3CCC(C(=O)NCC(=O)O)CC3)cc2)c2ccccc2C)ccn1. The second-order valence-corrected chi connectivity index (χ2v) is 9.69. The van der Waals surface area contributed by atoms with Gasteiger partial charge in [0.2, 0.25) is 5.91 Å². The third kappa shape index (κ3) is 6.61. The zero-order valence-electron chi connectivity index (χ0n) is 21.3. The molecule has 1 aromatic heterocycles. The van der Waals surface area contributed by atoms with Crippen LogP contribution in [0.2, 0.25) is 0 Å². The minimum atomic E-state index is -1.03. The summed E-state index contributed by atoms with van der Waals surface area (Å²) >= 11 is 0. The average molecular weight is 500 g/mol. The van der Waals surface area contributed by atoms with E-state index >= 15 is 0 Å². The summed E-state index contributed by atoms with van der Waals surface area (Å²) in [5, 5.41) is 11.3. The number of piperidine rings is 1. The van der Waals surface area contributed by atoms with E-state index in [4.69, 9.17) is 5.11 Å². The maximum absolute atomic E-state index is 13.2. The molecule has 1 unspecified atom stereocenters. The first kappa shape index (κ1) is 26.1. The molecule has 0 aliphatic carbocycles. The molecule has 2 heterocycles. The Morgan fingerprint density at radius 3 is 2.38 bits per heavy atom. The first-order chi connectivity index (χ1) is 17.8. The number of aromatic nitrogens is 1. The number of Topliss-reactive ketones (excluding diaryl/α,β-unsaturated/α-hetero) is 1. The number of aryl methyl sites for hydroxylation is 2. The number of hydrogen-bond acceptors (Lipinski definition) is 5. The van der Waals surface area contributed by atoms with Crippen molar-refractivity contribution in [3.8, 4) is 0 Å². The van der Waals surface area contributed by atoms with Crippen molar-refractivity contribution in [2.24, 2.45) is 5.92 Å². The van der Waals surface area contributed by atoms with E-state index in [1.807, 2.05) is 25.1 Å². The van der Waals surface area contributed by atoms with Crippen molar-refractivity contribution in [2.45, 2.75) is 39.0 Å². The zero-order valence-corrected chi connectivity index (χ0v) is 21.3. The van der Waals surface area contributed by atoms with Crippen molar-refractivity contribution in [3.05, 3.63) is 94.8 Å². The Balaban J connectivity index is 1.48. The molecule has 7 nitrogen and oxygen atoms in total. The van der Waals surface area contributed by atoms with Crippen LogP contribution in [0.25, 0.3) is 0 Å². The van der Waals surface area contributed by atoms with Gasteiger partial charge in [-0.1, -0.05) is 36.4 Å². The zero-order chi connectivity index (χ0) is 26.4. The molecule has 1 aliphatic heterocycles. The van der Waals surface area contributed by atoms with E-state index < -0.39 is 5.97 Å². The van der Waals surface area contributed by atoms with Crippen molar-refractivity contribution in [1.29, 1.82) is 0 Å². The van der Waals surface area contributed by atoms with Gasteiger partial charge in [0.1, 0.15) is 6.54 Å². The molecule has 2 aromatic carbocycles. The number of amides is 1. The van der Waals surface area contributed by atoms with Gasteiger partial charge >= 0.3 is 5.97 Å². The maximum atomic E-state index is 13.2. The second kappa shape index (κ2) is 11.8. The Morgan fingerprint density at radius 2 is 1.73 bits per heavy atom. The highest BCUT2D eigenvalue weighted by molar-refractivity contribution is 5.97. The molecule has 0 bridgehead atoms. The van der Waals surface area contributed by atoms with E-state index in [0.717, 1.165) is 41.2 Å². The lowest BCUT2D eigenvalue weighted by Crippen LogP contribution is -2.41. The maximum Gasteiger partial charge on any atom is 0.322 e. The summed E-state index contributed by atoms with van der Waals surface area (Å²) in [6.45, 7) is 5.08. The first-order valence-electron chi connectivity index (χ1n) is 12.7. The molecule has 2 N–H and O–H groups in total. The van der Waals surface area contributed by atoms with E-state index in [1.165, 1.54) is 0 Å². The van der Waals surface area contributed by atoms with Crippen LogP contribution in [0.3, 0.4) is 0 Å². The van der Waals surface area contributed by atoms with Crippen LogP contribution in [0.4, 0.5) is 5.69 Å². The van der Waals surface area contributed by atoms with Crippen molar-refractivity contribution in [2.75, 3.05) is 24.5 Å². The molecule has 37 heavy (non-hydrogen) atoms. The fraction of sp³-hybridized carbons (Fsp3) is 0.333. The lowest BCUT2D eigenvalue weighted by atomic mass is 9.83. The summed E-state index contributed by atoms with van der Waals surface area (Å²) in [5.41, 5.74) is 5.96. The van der Waals surface area contributed by atoms with Crippen molar-refractivity contribution in [1.82, 2.24) is 10.3 Å². The number of nitrogens with zero attached hydrogens (tertiary/aromatic N) is 2. The molecule has 7 heteroatoms. The minimum Gasteiger partial charge on any atom is -0.480 e. The monoisotopic (exact) mass is 499 g/mol. The average Bonchev–Trinajstić information content (AvgIpc) is 2.91. The number of anilines is 1. The number of ketones is 1. The Hall–Kier alpha value is -4.00. The molecule has 192 valence electrons. The standard InChI is InChI=1S/C30H33N3O4/c1-20-5-3-4-6-26(20)27(18-28(34)24-11-14-31-21(2)17-24)22-7-9-25(10-8-22)33-15-12-23(13-16-33)30(37)32-19-29(35)36/h3-11,14,17,23,27H,12-13,15-16,18-19H2,1-2H3,(H,32,37)(H,35,36). The normalized spacial score (nSPS) is 14.7. The number of carboxylic acids is 1. The molecule has 3 aromatic rings. The summed E-state index contributed by atoms with van der Waals surface area (Å²) in [6.07, 6.45) is 3.40. The molecule has 0 radical (unpaired) electrons. The van der Waals surface area contributed by atoms with Crippen LogP contribution in [0.15, 0.2) is 66.9 Å². The number of aliphatic carboxylic acids is 1. The fourth-order valence-corrected chi connectivity index (χ4v) is 5.03. The van der Waals surface area contributed by atoms with Crippen molar-refractivity contribution < 1.29 is 19.5 Å². The van der Waals surface area contributed by atoms with E-state index in [-0.39, 0.29) is 30.1 Å². The highest BCUT2D eigenvalue weighted by Crippen LogP contribution is 2.33. The van der Waals surface area contributed by atoms with E-state index in [0.29, 0.717) is 24.8 Å². The van der Waals surface area contributed by atoms with Gasteiger partial charge in [-0.25, -0.2) is 0 Å². The van der Waals surface area contributed by atoms with Crippen molar-refractivity contribution >= 4 is 23.3 Å². The fourth-order valence-electron chi connectivity index (χ4n) is 5.03. The highest BCUT2D eigenvalue weighted by Gasteiger charge is 2.26. The first-order valence-corrected chi connectivity index (χ1v) is 12.7. The van der Waals surface area contributed by atoms with Gasteiger partial charge in [-0.3, -0.25) is 19.4 Å². The largest absolute Gasteiger partial charge is 0.480 e. The number of hydrogen-bond donors (Lipinski definition) is 2. The third-order valence-electron chi connectivity index (χ3n) is 7.11. The molecular weight excluding hydrogens is 466 g/mol. The second-order valence-electron chi connectivity index (χ2n) is 9.69. The van der Waals surface area contributed by atoms with Gasteiger partial charge in [0.25, 0.3) is 0 Å². The van der Waals surface area contributed by atoms with Crippen LogP contribution in [-0.4, -0.2) is 47.4 Å². The highest BCUT2D eigenvalue weighted by atomic mass is 16.4. The van der Waals surface area contributed by atoms with E-state index in [9.17, 15) is 14.4 Å². The van der Waals surface area contributed by atoms with Gasteiger partial charge in [0.05, 0.1) is 0 Å². The summed E-state index contributed by atoms with van der Waals surface area (Å²) in [7, 11) is 0. The smallest absolute Gasteiger partial charge is 0.322 e. The van der Waals surface area contributed by atoms with Gasteiger partial charge < -0.3 is 15.3 Å². The van der Waals surface area contributed by atoms with E-state index in [1.54, 1.807) is 12.3 Å². The van der Waals surface area contributed by atoms with Gasteiger partial charge in [-0.2, -0.15) is 0 Å². The van der Waals surface area contributed by atoms with Gasteiger partial charge in [0, 0.05) is 54.5 Å². The summed E-state index contributed by atoms with van der Waals surface area (Å²) in [4.78, 5) is 42.6. The molecule has 1 amide bonds. The molecule has 0 saturated carbocycles. The predicted octanol–water partition coefficient (Wildman–Crippen LogP) is 4.52. The number of carbonyl (C=O) groups is 3. The lowest BCUT2D eigenvalue weighted by molar-refractivity contribution is -0.138. The number of carboxylic acid groups (broad SMARTS) is 1. The molecule has 1 atom stereocenters. The van der Waals surface area contributed by atoms with E-state index in [2.05, 4.69) is 58.5 Å². The summed E-state index contributed by atoms with van der Waals surface area (Å²) in [5.74, 6) is -1.37. The number of nitrogens with one attached hydrogen (secondary N) is 1. The van der Waals surface area contributed by atoms with Gasteiger partial charge in [-0.05, 0) is 67.6 Å². The van der Waals surface area contributed by atoms with Crippen LogP contribution in [0, 0.1) is 19.8 Å². The topological polar surface area (TPSA) is 99.6 Å². The minimum absolute atomic E-state index is 0.0695. The number of benzene rings is 2. The Morgan fingerprint density at radius 1 is 1.03 bits per heavy atom. The molecule has 0 spiro atoms. The number of pyridine rings is 1. The Bertz CT molecular complexity index is 1260. The number of carbonyl (C=O) groups excluding carboxylic acids is 2. The summed E-state index contributed by atoms with van der Waals surface area (Å²) < 4.78 is 0. The van der Waals surface area contributed by atoms with Crippen LogP contribution in [0.1, 0.15) is 57.9 Å². The van der Waals surface area contributed by atoms with Gasteiger partial charge in [0.15, 0.2) is 5.78 Å². The number of rotatable bonds is 9. The van der Waals surface area contributed by atoms with Crippen molar-refractivity contribution in [3.63, 3.8) is 0 Å². The molecule has 1 saturated heterocycles. The van der Waals surface area contributed by atoms with Crippen LogP contribution in [-0.2, 0) is 9.59 Å². The van der Waals surface area contributed by atoms with Crippen LogP contribution < -0.4 is 10.2 Å². The molecule has 1 aliphatic rings. The van der Waals surface area contributed by atoms with Gasteiger partial charge in [-0.15, -0.1) is 0 Å². The lowest BCUT2D eigenvalue weighted by Gasteiger charge is -2.33. The molecule has 4 rings (SSSR count). The Labute approximate surface area is 217 Å². The molecule has 1 fully saturated rings. The predicted molar refractivity (Wildman–Crippen MR) is 143 cm³/mol. The third-order valence-corrected chi connectivity index (χ3v) is 7.11. The molecular formula is C30H33N3O4.